The van der Waals surface area contributed by atoms with E-state index in [-0.39, 0.29) is 34.8 Å². The third kappa shape index (κ3) is 4.67. The molecule has 1 aromatic rings. The molecule has 1 rings (SSSR count). The second kappa shape index (κ2) is 7.36. The summed E-state index contributed by atoms with van der Waals surface area (Å²) in [6, 6.07) is 4.69. The Morgan fingerprint density at radius 2 is 1.86 bits per heavy atom. The molecule has 0 N–H and O–H groups in total. The summed E-state index contributed by atoms with van der Waals surface area (Å²) in [7, 11) is -2.24. The number of sulfone groups is 1. The number of benzene rings is 1. The van der Waals surface area contributed by atoms with Crippen molar-refractivity contribution < 1.29 is 22.7 Å². The fourth-order valence-corrected chi connectivity index (χ4v) is 3.50. The van der Waals surface area contributed by atoms with Crippen LogP contribution in [0.15, 0.2) is 23.1 Å². The smallest absolute Gasteiger partial charge is 0.305 e. The molecule has 0 unspecified atom stereocenters. The van der Waals surface area contributed by atoms with Gasteiger partial charge in [-0.15, -0.1) is 0 Å². The van der Waals surface area contributed by atoms with Crippen LogP contribution >= 0.6 is 0 Å². The Bertz CT molecular complexity index is 631. The zero-order valence-corrected chi connectivity index (χ0v) is 13.3. The molecule has 21 heavy (non-hydrogen) atoms. The van der Waals surface area contributed by atoms with Crippen LogP contribution in [0.25, 0.3) is 0 Å². The average molecular weight is 312 g/mol. The molecule has 5 nitrogen and oxygen atoms in total. The highest BCUT2D eigenvalue weighted by atomic mass is 32.2. The van der Waals surface area contributed by atoms with Crippen LogP contribution in [0, 0.1) is 6.92 Å². The molecule has 6 heteroatoms. The molecule has 0 bridgehead atoms. The Hall–Kier alpha value is -1.69. The van der Waals surface area contributed by atoms with Crippen LogP contribution in [0.1, 0.15) is 42.1 Å². The number of methoxy groups -OCH3 is 1. The molecular weight excluding hydrogens is 292 g/mol. The normalized spacial score (nSPS) is 11.2. The largest absolute Gasteiger partial charge is 0.469 e. The summed E-state index contributed by atoms with van der Waals surface area (Å²) in [5.41, 5.74) is 0.958. The van der Waals surface area contributed by atoms with Crippen molar-refractivity contribution in [3.63, 3.8) is 0 Å². The van der Waals surface area contributed by atoms with Gasteiger partial charge in [0.2, 0.25) is 0 Å². The van der Waals surface area contributed by atoms with E-state index in [1.165, 1.54) is 13.2 Å². The summed E-state index contributed by atoms with van der Waals surface area (Å²) in [5, 5.41) is 0. The highest BCUT2D eigenvalue weighted by Gasteiger charge is 2.22. The van der Waals surface area contributed by atoms with Crippen molar-refractivity contribution >= 4 is 21.6 Å². The summed E-state index contributed by atoms with van der Waals surface area (Å²) >= 11 is 0. The van der Waals surface area contributed by atoms with E-state index in [1.807, 2.05) is 0 Å². The molecule has 0 aliphatic rings. The lowest BCUT2D eigenvalue weighted by atomic mass is 10.0. The Balaban J connectivity index is 3.13. The number of Topliss-reactive ketones (excluding diaryl/α,β-unsaturated/α-hetero) is 1. The second-order valence-electron chi connectivity index (χ2n) is 4.82. The minimum atomic E-state index is -3.48. The van der Waals surface area contributed by atoms with E-state index in [0.29, 0.717) is 6.42 Å². The average Bonchev–Trinajstić information content (AvgIpc) is 2.43. The first kappa shape index (κ1) is 17.4. The molecule has 0 aliphatic heterocycles. The van der Waals surface area contributed by atoms with Gasteiger partial charge in [-0.1, -0.05) is 18.6 Å². The maximum atomic E-state index is 12.2. The van der Waals surface area contributed by atoms with Crippen LogP contribution in [-0.4, -0.2) is 33.0 Å². The lowest BCUT2D eigenvalue weighted by molar-refractivity contribution is -0.140. The van der Waals surface area contributed by atoms with Gasteiger partial charge in [-0.3, -0.25) is 9.59 Å². The summed E-state index contributed by atoms with van der Waals surface area (Å²) in [5.74, 6) is -0.861. The maximum Gasteiger partial charge on any atom is 0.305 e. The second-order valence-corrected chi connectivity index (χ2v) is 6.90. The van der Waals surface area contributed by atoms with Crippen molar-refractivity contribution in [1.82, 2.24) is 0 Å². The highest BCUT2D eigenvalue weighted by Crippen LogP contribution is 2.21. The van der Waals surface area contributed by atoms with Gasteiger partial charge >= 0.3 is 5.97 Å². The summed E-state index contributed by atoms with van der Waals surface area (Å²) in [6.07, 6.45) is 0.354. The molecule has 0 aliphatic carbocycles. The fourth-order valence-electron chi connectivity index (χ4n) is 1.96. The minimum absolute atomic E-state index is 0.00660. The molecule has 0 atom stereocenters. The highest BCUT2D eigenvalue weighted by molar-refractivity contribution is 7.91. The molecule has 0 saturated carbocycles. The third-order valence-electron chi connectivity index (χ3n) is 3.03. The number of carbonyl (C=O) groups is 2. The summed E-state index contributed by atoms with van der Waals surface area (Å²) < 4.78 is 28.9. The minimum Gasteiger partial charge on any atom is -0.469 e. The van der Waals surface area contributed by atoms with Crippen LogP contribution in [-0.2, 0) is 19.4 Å². The molecule has 0 fully saturated rings. The van der Waals surface area contributed by atoms with Crippen LogP contribution in [0.2, 0.25) is 0 Å². The molecule has 0 radical (unpaired) electrons. The predicted molar refractivity (Wildman–Crippen MR) is 79.1 cm³/mol. The molecule has 1 aromatic carbocycles. The Morgan fingerprint density at radius 1 is 1.19 bits per heavy atom. The standard InChI is InChI=1S/C15H20O5S/c1-4-9-21(18,19)14-7-5-11(2)10-12(14)13(16)6-8-15(17)20-3/h5,7,10H,4,6,8-9H2,1-3H3. The van der Waals surface area contributed by atoms with Gasteiger partial charge < -0.3 is 4.74 Å². The van der Waals surface area contributed by atoms with Crippen LogP contribution in [0.4, 0.5) is 0 Å². The van der Waals surface area contributed by atoms with Crippen LogP contribution < -0.4 is 0 Å². The van der Waals surface area contributed by atoms with E-state index < -0.39 is 15.8 Å². The van der Waals surface area contributed by atoms with Gasteiger partial charge in [-0.25, -0.2) is 8.42 Å². The number of carbonyl (C=O) groups excluding carboxylic acids is 2. The quantitative estimate of drug-likeness (QED) is 0.570. The van der Waals surface area contributed by atoms with E-state index in [4.69, 9.17) is 0 Å². The van der Waals surface area contributed by atoms with E-state index in [0.717, 1.165) is 5.56 Å². The first-order chi connectivity index (χ1) is 9.81. The number of rotatable bonds is 7. The number of ketones is 1. The topological polar surface area (TPSA) is 77.5 Å². The fraction of sp³-hybridized carbons (Fsp3) is 0.467. The molecule has 0 spiro atoms. The number of hydrogen-bond acceptors (Lipinski definition) is 5. The van der Waals surface area contributed by atoms with Gasteiger partial charge in [0.1, 0.15) is 0 Å². The summed E-state index contributed by atoms with van der Waals surface area (Å²) in [4.78, 5) is 23.4. The Kier molecular flexibility index (Phi) is 6.08. The van der Waals surface area contributed by atoms with Crippen LogP contribution in [0.5, 0.6) is 0 Å². The SMILES string of the molecule is CCCS(=O)(=O)c1ccc(C)cc1C(=O)CCC(=O)OC. The zero-order valence-electron chi connectivity index (χ0n) is 12.5. The first-order valence-electron chi connectivity index (χ1n) is 6.75. The van der Waals surface area contributed by atoms with Gasteiger partial charge in [-0.05, 0) is 25.5 Å². The lowest BCUT2D eigenvalue weighted by Gasteiger charge is -2.10. The Morgan fingerprint density at radius 3 is 2.43 bits per heavy atom. The number of aryl methyl sites for hydroxylation is 1. The van der Waals surface area contributed by atoms with Crippen molar-refractivity contribution in [2.45, 2.75) is 38.0 Å². The van der Waals surface area contributed by atoms with E-state index in [2.05, 4.69) is 4.74 Å². The molecule has 0 aromatic heterocycles. The van der Waals surface area contributed by atoms with E-state index in [1.54, 1.807) is 26.0 Å². The third-order valence-corrected chi connectivity index (χ3v) is 5.00. The molecular formula is C15H20O5S. The number of hydrogen-bond donors (Lipinski definition) is 0. The van der Waals surface area contributed by atoms with E-state index >= 15 is 0 Å². The Labute approximate surface area is 125 Å². The zero-order chi connectivity index (χ0) is 16.0. The van der Waals surface area contributed by atoms with E-state index in [9.17, 15) is 18.0 Å². The molecule has 0 saturated heterocycles. The molecule has 116 valence electrons. The van der Waals surface area contributed by atoms with Gasteiger partial charge in [0.25, 0.3) is 0 Å². The molecule has 0 heterocycles. The monoisotopic (exact) mass is 312 g/mol. The lowest BCUT2D eigenvalue weighted by Crippen LogP contribution is -2.14. The van der Waals surface area contributed by atoms with Gasteiger partial charge in [0, 0.05) is 12.0 Å². The van der Waals surface area contributed by atoms with Gasteiger partial charge in [-0.2, -0.15) is 0 Å². The van der Waals surface area contributed by atoms with Crippen molar-refractivity contribution in [3.8, 4) is 0 Å². The number of esters is 1. The number of ether oxygens (including phenoxy) is 1. The van der Waals surface area contributed by atoms with Crippen molar-refractivity contribution in [3.05, 3.63) is 29.3 Å². The van der Waals surface area contributed by atoms with Crippen LogP contribution in [0.3, 0.4) is 0 Å². The van der Waals surface area contributed by atoms with Crippen molar-refractivity contribution in [2.24, 2.45) is 0 Å². The predicted octanol–water partition coefficient (Wildman–Crippen LogP) is 2.31. The van der Waals surface area contributed by atoms with Gasteiger partial charge in [0.15, 0.2) is 15.6 Å². The molecule has 0 amide bonds. The van der Waals surface area contributed by atoms with Gasteiger partial charge in [0.05, 0.1) is 24.2 Å². The first-order valence-corrected chi connectivity index (χ1v) is 8.40. The summed E-state index contributed by atoms with van der Waals surface area (Å²) in [6.45, 7) is 3.55. The maximum absolute atomic E-state index is 12.2. The van der Waals surface area contributed by atoms with Crippen molar-refractivity contribution in [1.29, 1.82) is 0 Å². The van der Waals surface area contributed by atoms with Crippen molar-refractivity contribution in [2.75, 3.05) is 12.9 Å².